The number of benzene rings is 3. The van der Waals surface area contributed by atoms with Crippen LogP contribution in [0.15, 0.2) is 84.9 Å². The summed E-state index contributed by atoms with van der Waals surface area (Å²) in [6.07, 6.45) is 0.860. The number of carbonyl (C=O) groups excluding carboxylic acids is 1. The molecule has 0 amide bonds. The van der Waals surface area contributed by atoms with Crippen LogP contribution in [-0.4, -0.2) is 6.29 Å². The molecule has 0 atom stereocenters. The first-order chi connectivity index (χ1) is 13.4. The quantitative estimate of drug-likeness (QED) is 0.437. The van der Waals surface area contributed by atoms with Crippen LogP contribution in [0.4, 0.5) is 17.1 Å². The SMILES string of the molecule is CC.CC.CC.O=Cc1ccc(N(c2ccccc2)c2ccccc2)cc1. The fourth-order valence-electron chi connectivity index (χ4n) is 2.30. The van der Waals surface area contributed by atoms with Crippen molar-refractivity contribution < 1.29 is 4.79 Å². The van der Waals surface area contributed by atoms with E-state index in [0.29, 0.717) is 5.56 Å². The van der Waals surface area contributed by atoms with Crippen LogP contribution >= 0.6 is 0 Å². The summed E-state index contributed by atoms with van der Waals surface area (Å²) in [6.45, 7) is 12.0. The molecule has 0 aliphatic heterocycles. The third-order valence-electron chi connectivity index (χ3n) is 3.32. The lowest BCUT2D eigenvalue weighted by atomic mass is 10.1. The van der Waals surface area contributed by atoms with Crippen molar-refractivity contribution >= 4 is 23.3 Å². The molecule has 0 bridgehead atoms. The molecule has 0 aromatic heterocycles. The Morgan fingerprint density at radius 1 is 0.519 bits per heavy atom. The van der Waals surface area contributed by atoms with Crippen LogP contribution in [0, 0.1) is 0 Å². The summed E-state index contributed by atoms with van der Waals surface area (Å²) in [7, 11) is 0. The molecule has 0 spiro atoms. The molecule has 2 nitrogen and oxygen atoms in total. The first-order valence-electron chi connectivity index (χ1n) is 9.84. The van der Waals surface area contributed by atoms with Crippen molar-refractivity contribution in [2.24, 2.45) is 0 Å². The number of nitrogens with zero attached hydrogens (tertiary/aromatic N) is 1. The Balaban J connectivity index is 0.00000103. The minimum atomic E-state index is 0.680. The highest BCUT2D eigenvalue weighted by atomic mass is 16.1. The number of rotatable bonds is 4. The molecular weight excluding hydrogens is 330 g/mol. The Morgan fingerprint density at radius 2 is 0.852 bits per heavy atom. The zero-order valence-electron chi connectivity index (χ0n) is 17.5. The summed E-state index contributed by atoms with van der Waals surface area (Å²) in [5, 5.41) is 0. The lowest BCUT2D eigenvalue weighted by Crippen LogP contribution is -2.09. The van der Waals surface area contributed by atoms with Gasteiger partial charge >= 0.3 is 0 Å². The van der Waals surface area contributed by atoms with Crippen LogP contribution in [0.25, 0.3) is 0 Å². The Labute approximate surface area is 165 Å². The number of aldehydes is 1. The average molecular weight is 364 g/mol. The van der Waals surface area contributed by atoms with E-state index < -0.39 is 0 Å². The maximum Gasteiger partial charge on any atom is 0.150 e. The lowest BCUT2D eigenvalue weighted by molar-refractivity contribution is 0.112. The van der Waals surface area contributed by atoms with Gasteiger partial charge in [-0.15, -0.1) is 0 Å². The molecule has 0 heterocycles. The van der Waals surface area contributed by atoms with Gasteiger partial charge in [-0.1, -0.05) is 77.9 Å². The van der Waals surface area contributed by atoms with E-state index in [1.807, 2.05) is 102 Å². The Hall–Kier alpha value is -2.87. The van der Waals surface area contributed by atoms with Gasteiger partial charge in [0.1, 0.15) is 6.29 Å². The molecule has 0 aliphatic rings. The van der Waals surface area contributed by atoms with Crippen LogP contribution < -0.4 is 4.90 Å². The van der Waals surface area contributed by atoms with Crippen molar-refractivity contribution in [1.82, 2.24) is 0 Å². The maximum atomic E-state index is 10.8. The van der Waals surface area contributed by atoms with Crippen LogP contribution in [0.2, 0.25) is 0 Å². The van der Waals surface area contributed by atoms with E-state index in [1.165, 1.54) is 0 Å². The summed E-state index contributed by atoms with van der Waals surface area (Å²) >= 11 is 0. The van der Waals surface area contributed by atoms with Gasteiger partial charge in [0.25, 0.3) is 0 Å². The molecule has 0 aliphatic carbocycles. The molecule has 0 saturated heterocycles. The molecule has 0 radical (unpaired) electrons. The van der Waals surface area contributed by atoms with E-state index in [9.17, 15) is 4.79 Å². The van der Waals surface area contributed by atoms with Crippen LogP contribution in [0.3, 0.4) is 0 Å². The normalized spacial score (nSPS) is 8.52. The Morgan fingerprint density at radius 3 is 1.19 bits per heavy atom. The number of hydrogen-bond donors (Lipinski definition) is 0. The van der Waals surface area contributed by atoms with Crippen LogP contribution in [0.1, 0.15) is 51.9 Å². The van der Waals surface area contributed by atoms with Crippen molar-refractivity contribution in [2.45, 2.75) is 41.5 Å². The molecule has 2 heteroatoms. The number of carbonyl (C=O) groups is 1. The van der Waals surface area contributed by atoms with Gasteiger partial charge in [-0.05, 0) is 48.5 Å². The topological polar surface area (TPSA) is 20.3 Å². The van der Waals surface area contributed by atoms with Crippen molar-refractivity contribution in [3.05, 3.63) is 90.5 Å². The minimum Gasteiger partial charge on any atom is -0.311 e. The summed E-state index contributed by atoms with van der Waals surface area (Å²) in [5.74, 6) is 0. The molecule has 3 aromatic rings. The van der Waals surface area contributed by atoms with Gasteiger partial charge in [-0.2, -0.15) is 0 Å². The molecule has 0 unspecified atom stereocenters. The Bertz CT molecular complexity index is 667. The van der Waals surface area contributed by atoms with Crippen molar-refractivity contribution in [1.29, 1.82) is 0 Å². The molecule has 144 valence electrons. The van der Waals surface area contributed by atoms with Gasteiger partial charge in [0, 0.05) is 22.6 Å². The average Bonchev–Trinajstić information content (AvgIpc) is 2.80. The fourth-order valence-corrected chi connectivity index (χ4v) is 2.30. The zero-order valence-corrected chi connectivity index (χ0v) is 17.5. The second-order valence-electron chi connectivity index (χ2n) is 4.72. The molecule has 0 fully saturated rings. The fraction of sp³-hybridized carbons (Fsp3) is 0.240. The summed E-state index contributed by atoms with van der Waals surface area (Å²) in [5.41, 5.74) is 3.88. The molecule has 0 N–H and O–H groups in total. The molecule has 27 heavy (non-hydrogen) atoms. The first-order valence-corrected chi connectivity index (χ1v) is 9.84. The van der Waals surface area contributed by atoms with Gasteiger partial charge in [0.15, 0.2) is 0 Å². The van der Waals surface area contributed by atoms with Gasteiger partial charge in [0.2, 0.25) is 0 Å². The van der Waals surface area contributed by atoms with Crippen molar-refractivity contribution in [3.8, 4) is 0 Å². The second kappa shape index (κ2) is 15.4. The van der Waals surface area contributed by atoms with Gasteiger partial charge in [-0.3, -0.25) is 4.79 Å². The van der Waals surface area contributed by atoms with E-state index >= 15 is 0 Å². The van der Waals surface area contributed by atoms with Crippen molar-refractivity contribution in [3.63, 3.8) is 0 Å². The maximum absolute atomic E-state index is 10.8. The summed E-state index contributed by atoms with van der Waals surface area (Å²) in [4.78, 5) is 13.0. The monoisotopic (exact) mass is 363 g/mol. The Kier molecular flexibility index (Phi) is 13.8. The number of anilines is 3. The number of hydrogen-bond acceptors (Lipinski definition) is 2. The molecule has 3 rings (SSSR count). The molecule has 0 saturated carbocycles. The lowest BCUT2D eigenvalue weighted by Gasteiger charge is -2.25. The van der Waals surface area contributed by atoms with E-state index in [0.717, 1.165) is 23.3 Å². The predicted molar refractivity (Wildman–Crippen MR) is 121 cm³/mol. The third-order valence-corrected chi connectivity index (χ3v) is 3.32. The summed E-state index contributed by atoms with van der Waals surface area (Å²) in [6, 6.07) is 28.0. The largest absolute Gasteiger partial charge is 0.311 e. The molecule has 3 aromatic carbocycles. The number of para-hydroxylation sites is 2. The minimum absolute atomic E-state index is 0.680. The van der Waals surface area contributed by atoms with Gasteiger partial charge in [0.05, 0.1) is 0 Å². The second-order valence-corrected chi connectivity index (χ2v) is 4.72. The highest BCUT2D eigenvalue weighted by Gasteiger charge is 2.11. The highest BCUT2D eigenvalue weighted by molar-refractivity contribution is 5.80. The van der Waals surface area contributed by atoms with E-state index in [-0.39, 0.29) is 0 Å². The van der Waals surface area contributed by atoms with Crippen molar-refractivity contribution in [2.75, 3.05) is 4.90 Å². The first kappa shape index (κ1) is 24.1. The zero-order chi connectivity index (χ0) is 20.5. The van der Waals surface area contributed by atoms with Crippen LogP contribution in [-0.2, 0) is 0 Å². The van der Waals surface area contributed by atoms with E-state index in [4.69, 9.17) is 0 Å². The highest BCUT2D eigenvalue weighted by Crippen LogP contribution is 2.33. The van der Waals surface area contributed by atoms with E-state index in [1.54, 1.807) is 0 Å². The standard InChI is InChI=1S/C19H15NO.3C2H6/c21-15-16-11-13-19(14-12-16)20(17-7-3-1-4-8-17)18-9-5-2-6-10-18;3*1-2/h1-15H;3*1-2H3. The predicted octanol–water partition coefficient (Wildman–Crippen LogP) is 8.05. The van der Waals surface area contributed by atoms with E-state index in [2.05, 4.69) is 29.2 Å². The third kappa shape index (κ3) is 7.49. The summed E-state index contributed by atoms with van der Waals surface area (Å²) < 4.78 is 0. The molecular formula is C25H33NO. The van der Waals surface area contributed by atoms with Crippen LogP contribution in [0.5, 0.6) is 0 Å². The van der Waals surface area contributed by atoms with Gasteiger partial charge in [-0.25, -0.2) is 0 Å². The van der Waals surface area contributed by atoms with Gasteiger partial charge < -0.3 is 4.90 Å². The smallest absolute Gasteiger partial charge is 0.150 e.